The van der Waals surface area contributed by atoms with Crippen LogP contribution in [0.3, 0.4) is 0 Å². The minimum absolute atomic E-state index is 0.0609. The SMILES string of the molecule is CCCCCCCCCCCCCCCCCC(=O)OC(C(=O)CCCCCCCCCCCCCCC)(C(=O)CCCCCCCCCCCCCCC)C(O)CO. The zero-order valence-electron chi connectivity index (χ0n) is 39.9. The summed E-state index contributed by atoms with van der Waals surface area (Å²) in [6.07, 6.45) is 47.5. The van der Waals surface area contributed by atoms with Crippen molar-refractivity contribution < 1.29 is 29.3 Å². The van der Waals surface area contributed by atoms with Crippen molar-refractivity contribution >= 4 is 17.5 Å². The highest BCUT2D eigenvalue weighted by atomic mass is 16.6. The summed E-state index contributed by atoms with van der Waals surface area (Å²) in [4.78, 5) is 41.1. The smallest absolute Gasteiger partial charge is 0.307 e. The fourth-order valence-electron chi connectivity index (χ4n) is 8.69. The lowest BCUT2D eigenvalue weighted by Crippen LogP contribution is -2.60. The molecule has 350 valence electrons. The molecule has 0 aliphatic heterocycles. The normalized spacial score (nSPS) is 12.3. The van der Waals surface area contributed by atoms with Crippen LogP contribution in [0.5, 0.6) is 0 Å². The Morgan fingerprint density at radius 3 is 0.780 bits per heavy atom. The first-order chi connectivity index (χ1) is 28.9. The van der Waals surface area contributed by atoms with E-state index in [9.17, 15) is 24.6 Å². The van der Waals surface area contributed by atoms with Crippen LogP contribution < -0.4 is 0 Å². The molecule has 1 unspecified atom stereocenters. The van der Waals surface area contributed by atoms with Crippen LogP contribution in [0.1, 0.15) is 303 Å². The quantitative estimate of drug-likeness (QED) is 0.0360. The minimum atomic E-state index is -2.31. The van der Waals surface area contributed by atoms with E-state index in [4.69, 9.17) is 4.74 Å². The van der Waals surface area contributed by atoms with E-state index in [1.807, 2.05) is 0 Å². The number of unbranched alkanes of at least 4 members (excludes halogenated alkanes) is 38. The number of hydrogen-bond acceptors (Lipinski definition) is 6. The Morgan fingerprint density at radius 2 is 0.559 bits per heavy atom. The van der Waals surface area contributed by atoms with Crippen LogP contribution in [-0.4, -0.2) is 46.1 Å². The van der Waals surface area contributed by atoms with Crippen molar-refractivity contribution in [2.75, 3.05) is 6.61 Å². The van der Waals surface area contributed by atoms with Crippen LogP contribution in [0, 0.1) is 0 Å². The Bertz CT molecular complexity index is 876. The van der Waals surface area contributed by atoms with Crippen molar-refractivity contribution in [1.82, 2.24) is 0 Å². The third kappa shape index (κ3) is 34.0. The van der Waals surface area contributed by atoms with Crippen LogP contribution in [0.15, 0.2) is 0 Å². The first-order valence-electron chi connectivity index (χ1n) is 26.5. The summed E-state index contributed by atoms with van der Waals surface area (Å²) in [5.41, 5.74) is -2.31. The Morgan fingerprint density at radius 1 is 0.356 bits per heavy atom. The van der Waals surface area contributed by atoms with Crippen molar-refractivity contribution in [1.29, 1.82) is 0 Å². The molecule has 0 saturated carbocycles. The summed E-state index contributed by atoms with van der Waals surface area (Å²) < 4.78 is 5.81. The van der Waals surface area contributed by atoms with Gasteiger partial charge in [0.1, 0.15) is 6.10 Å². The molecule has 0 aliphatic rings. The molecule has 0 heterocycles. The molecule has 0 aliphatic carbocycles. The van der Waals surface area contributed by atoms with E-state index in [1.165, 1.54) is 186 Å². The first-order valence-corrected chi connectivity index (χ1v) is 26.5. The largest absolute Gasteiger partial charge is 0.440 e. The third-order valence-electron chi connectivity index (χ3n) is 12.7. The van der Waals surface area contributed by atoms with Crippen molar-refractivity contribution in [2.45, 2.75) is 315 Å². The summed E-state index contributed by atoms with van der Waals surface area (Å²) in [5, 5.41) is 21.2. The lowest BCUT2D eigenvalue weighted by atomic mass is 9.82. The number of Topliss-reactive ketones (excluding diaryl/α,β-unsaturated/α-hetero) is 2. The number of aliphatic hydroxyl groups is 2. The highest BCUT2D eigenvalue weighted by molar-refractivity contribution is 6.12. The number of carbonyl (C=O) groups is 3. The van der Waals surface area contributed by atoms with Gasteiger partial charge in [-0.3, -0.25) is 14.4 Å². The van der Waals surface area contributed by atoms with Crippen molar-refractivity contribution in [3.05, 3.63) is 0 Å². The molecule has 0 amide bonds. The maximum absolute atomic E-state index is 13.9. The van der Waals surface area contributed by atoms with Crippen LogP contribution in [0.2, 0.25) is 0 Å². The van der Waals surface area contributed by atoms with Gasteiger partial charge < -0.3 is 14.9 Å². The molecule has 6 heteroatoms. The molecule has 0 aromatic heterocycles. The Balaban J connectivity index is 4.86. The van der Waals surface area contributed by atoms with Gasteiger partial charge >= 0.3 is 5.97 Å². The first kappa shape index (κ1) is 57.7. The van der Waals surface area contributed by atoms with Gasteiger partial charge in [0, 0.05) is 19.3 Å². The van der Waals surface area contributed by atoms with E-state index < -0.39 is 35.8 Å². The average molecular weight is 835 g/mol. The van der Waals surface area contributed by atoms with Gasteiger partial charge in [0.2, 0.25) is 0 Å². The molecule has 0 aromatic carbocycles. The van der Waals surface area contributed by atoms with Crippen LogP contribution >= 0.6 is 0 Å². The summed E-state index contributed by atoms with van der Waals surface area (Å²) in [7, 11) is 0. The van der Waals surface area contributed by atoms with E-state index in [0.717, 1.165) is 57.8 Å². The van der Waals surface area contributed by atoms with Crippen molar-refractivity contribution in [3.8, 4) is 0 Å². The van der Waals surface area contributed by atoms with Gasteiger partial charge in [-0.15, -0.1) is 0 Å². The van der Waals surface area contributed by atoms with Gasteiger partial charge in [-0.05, 0) is 19.3 Å². The summed E-state index contributed by atoms with van der Waals surface area (Å²) in [5.74, 6) is -1.72. The van der Waals surface area contributed by atoms with E-state index in [0.29, 0.717) is 19.3 Å². The number of carbonyl (C=O) groups excluding carboxylic acids is 3. The van der Waals surface area contributed by atoms with Crippen molar-refractivity contribution in [2.24, 2.45) is 0 Å². The number of rotatable bonds is 49. The van der Waals surface area contributed by atoms with E-state index in [-0.39, 0.29) is 19.3 Å². The fraction of sp³-hybridized carbons (Fsp3) is 0.943. The Kier molecular flexibility index (Phi) is 43.8. The van der Waals surface area contributed by atoms with E-state index in [2.05, 4.69) is 20.8 Å². The molecule has 0 aromatic rings. The molecular formula is C53H102O6. The second-order valence-corrected chi connectivity index (χ2v) is 18.4. The molecule has 2 N–H and O–H groups in total. The van der Waals surface area contributed by atoms with Gasteiger partial charge in [-0.2, -0.15) is 0 Å². The monoisotopic (exact) mass is 835 g/mol. The predicted molar refractivity (Wildman–Crippen MR) is 252 cm³/mol. The van der Waals surface area contributed by atoms with Gasteiger partial charge in [0.15, 0.2) is 11.6 Å². The zero-order chi connectivity index (χ0) is 43.3. The lowest BCUT2D eigenvalue weighted by Gasteiger charge is -2.34. The fourth-order valence-corrected chi connectivity index (χ4v) is 8.69. The molecule has 1 atom stereocenters. The Hall–Kier alpha value is -1.27. The zero-order valence-corrected chi connectivity index (χ0v) is 39.9. The third-order valence-corrected chi connectivity index (χ3v) is 12.7. The predicted octanol–water partition coefficient (Wildman–Crippen LogP) is 16.0. The average Bonchev–Trinajstić information content (AvgIpc) is 3.24. The summed E-state index contributed by atoms with van der Waals surface area (Å²) >= 11 is 0. The van der Waals surface area contributed by atoms with Gasteiger partial charge in [-0.1, -0.05) is 265 Å². The summed E-state index contributed by atoms with van der Waals surface area (Å²) in [6.45, 7) is 5.97. The molecule has 0 saturated heterocycles. The topological polar surface area (TPSA) is 101 Å². The number of ether oxygens (including phenoxy) is 1. The molecule has 0 radical (unpaired) electrons. The molecule has 0 spiro atoms. The second kappa shape index (κ2) is 44.8. The highest BCUT2D eigenvalue weighted by Gasteiger charge is 2.53. The molecule has 6 nitrogen and oxygen atoms in total. The minimum Gasteiger partial charge on any atom is -0.440 e. The molecule has 0 rings (SSSR count). The molecule has 59 heavy (non-hydrogen) atoms. The van der Waals surface area contributed by atoms with Gasteiger partial charge in [0.25, 0.3) is 5.60 Å². The van der Waals surface area contributed by atoms with Crippen LogP contribution in [0.4, 0.5) is 0 Å². The number of hydrogen-bond donors (Lipinski definition) is 2. The number of ketones is 2. The van der Waals surface area contributed by atoms with Gasteiger partial charge in [0.05, 0.1) is 6.61 Å². The number of esters is 1. The lowest BCUT2D eigenvalue weighted by molar-refractivity contribution is -0.188. The maximum Gasteiger partial charge on any atom is 0.307 e. The molecule has 0 fully saturated rings. The van der Waals surface area contributed by atoms with Crippen LogP contribution in [-0.2, 0) is 19.1 Å². The maximum atomic E-state index is 13.9. The van der Waals surface area contributed by atoms with E-state index >= 15 is 0 Å². The Labute approximate surface area is 367 Å². The second-order valence-electron chi connectivity index (χ2n) is 18.4. The van der Waals surface area contributed by atoms with Crippen molar-refractivity contribution in [3.63, 3.8) is 0 Å². The molecular weight excluding hydrogens is 733 g/mol. The summed E-state index contributed by atoms with van der Waals surface area (Å²) in [6, 6.07) is 0. The number of aliphatic hydroxyl groups excluding tert-OH is 2. The van der Waals surface area contributed by atoms with E-state index in [1.54, 1.807) is 0 Å². The highest BCUT2D eigenvalue weighted by Crippen LogP contribution is 2.28. The standard InChI is InChI=1S/C53H102O6/c1-4-7-10-13-16-19-22-25-26-29-32-35-38-41-44-47-52(58)59-53(51(57)48-54,49(55)45-42-39-36-33-30-27-23-20-17-14-11-8-5-2)50(56)46-43-40-37-34-31-28-24-21-18-15-12-9-6-3/h51,54,57H,4-48H2,1-3H3. The van der Waals surface area contributed by atoms with Gasteiger partial charge in [-0.25, -0.2) is 0 Å². The molecule has 0 bridgehead atoms. The van der Waals surface area contributed by atoms with Crippen LogP contribution in [0.25, 0.3) is 0 Å².